The van der Waals surface area contributed by atoms with Gasteiger partial charge in [-0.25, -0.2) is 9.37 Å². The third-order valence-electron chi connectivity index (χ3n) is 8.26. The topological polar surface area (TPSA) is 91.3 Å². The summed E-state index contributed by atoms with van der Waals surface area (Å²) < 4.78 is 15.4. The van der Waals surface area contributed by atoms with Crippen molar-refractivity contribution >= 4 is 35.1 Å². The molecule has 176 valence electrons. The number of fused-ring (bicyclic) bond motifs is 3. The average Bonchev–Trinajstić information content (AvgIpc) is 3.20. The summed E-state index contributed by atoms with van der Waals surface area (Å²) in [4.78, 5) is 30.4. The Hall–Kier alpha value is -1.96. The van der Waals surface area contributed by atoms with Crippen LogP contribution in [0.1, 0.15) is 57.4 Å². The molecule has 9 heteroatoms. The third-order valence-corrected chi connectivity index (χ3v) is 8.80. The number of carboxylic acids is 1. The van der Waals surface area contributed by atoms with Gasteiger partial charge in [0.2, 0.25) is 5.91 Å². The molecule has 4 atom stereocenters. The van der Waals surface area contributed by atoms with Gasteiger partial charge >= 0.3 is 5.97 Å². The maximum atomic E-state index is 15.4. The third kappa shape index (κ3) is 3.12. The van der Waals surface area contributed by atoms with E-state index in [2.05, 4.69) is 29.5 Å². The average molecular weight is 494 g/mol. The first-order chi connectivity index (χ1) is 15.5. The van der Waals surface area contributed by atoms with Gasteiger partial charge in [-0.15, -0.1) is 0 Å². The van der Waals surface area contributed by atoms with Gasteiger partial charge in [-0.2, -0.15) is 0 Å². The number of aromatic nitrogens is 1. The minimum absolute atomic E-state index is 0.0643. The molecular formula is C24H26Cl2FN3O3. The van der Waals surface area contributed by atoms with Crippen LogP contribution in [-0.2, 0) is 9.59 Å². The Balaban J connectivity index is 1.80. The largest absolute Gasteiger partial charge is 0.480 e. The Bertz CT molecular complexity index is 1110. The number of carboxylic acid groups (broad SMARTS) is 1. The lowest BCUT2D eigenvalue weighted by atomic mass is 9.52. The molecule has 2 saturated heterocycles. The quantitative estimate of drug-likeness (QED) is 0.534. The Morgan fingerprint density at radius 2 is 1.91 bits per heavy atom. The first kappa shape index (κ1) is 22.8. The van der Waals surface area contributed by atoms with Crippen LogP contribution >= 0.6 is 23.2 Å². The number of carbonyl (C=O) groups excluding carboxylic acids is 1. The fraction of sp³-hybridized carbons (Fsp3) is 0.542. The van der Waals surface area contributed by atoms with Crippen LogP contribution in [0, 0.1) is 16.6 Å². The molecule has 1 aromatic heterocycles. The van der Waals surface area contributed by atoms with Crippen molar-refractivity contribution in [2.75, 3.05) is 0 Å². The molecule has 33 heavy (non-hydrogen) atoms. The molecule has 4 aliphatic rings. The lowest BCUT2D eigenvalue weighted by molar-refractivity contribution is -0.139. The van der Waals surface area contributed by atoms with Gasteiger partial charge in [-0.3, -0.25) is 14.9 Å². The van der Waals surface area contributed by atoms with E-state index < -0.39 is 34.7 Å². The predicted molar refractivity (Wildman–Crippen MR) is 122 cm³/mol. The van der Waals surface area contributed by atoms with Crippen LogP contribution in [0.15, 0.2) is 35.0 Å². The van der Waals surface area contributed by atoms with Crippen molar-refractivity contribution in [3.63, 3.8) is 0 Å². The molecule has 0 radical (unpaired) electrons. The van der Waals surface area contributed by atoms with Crippen molar-refractivity contribution in [2.45, 2.75) is 69.5 Å². The maximum Gasteiger partial charge on any atom is 0.321 e. The lowest BCUT2D eigenvalue weighted by Gasteiger charge is -2.51. The molecule has 2 aliphatic carbocycles. The molecule has 5 rings (SSSR count). The number of nitrogens with zero attached hydrogens (tertiary/aromatic N) is 1. The second-order valence-electron chi connectivity index (χ2n) is 10.5. The number of rotatable bonds is 2. The summed E-state index contributed by atoms with van der Waals surface area (Å²) in [5, 5.41) is 17.0. The molecule has 3 heterocycles. The van der Waals surface area contributed by atoms with Crippen molar-refractivity contribution in [3.8, 4) is 0 Å². The SMILES string of the molecule is CC1(C)CCC2(CC1)N[C@@H](C(=O)O)[C@H](c1ccnc(Cl)c1F)[C@]21C(=O)NC2CC(Cl)=CC=C21. The van der Waals surface area contributed by atoms with Gasteiger partial charge in [-0.1, -0.05) is 43.1 Å². The van der Waals surface area contributed by atoms with E-state index in [-0.39, 0.29) is 28.1 Å². The Kier molecular flexibility index (Phi) is 5.20. The van der Waals surface area contributed by atoms with Crippen LogP contribution in [0.2, 0.25) is 5.15 Å². The first-order valence-electron chi connectivity index (χ1n) is 11.2. The summed E-state index contributed by atoms with van der Waals surface area (Å²) in [6.45, 7) is 4.35. The van der Waals surface area contributed by atoms with Crippen molar-refractivity contribution in [2.24, 2.45) is 10.8 Å². The van der Waals surface area contributed by atoms with E-state index in [0.29, 0.717) is 24.3 Å². The van der Waals surface area contributed by atoms with Gasteiger partial charge in [0, 0.05) is 29.1 Å². The number of nitrogens with one attached hydrogen (secondary N) is 2. The van der Waals surface area contributed by atoms with E-state index in [1.807, 2.05) is 6.08 Å². The second kappa shape index (κ2) is 7.52. The Morgan fingerprint density at radius 1 is 1.21 bits per heavy atom. The van der Waals surface area contributed by atoms with Gasteiger partial charge in [0.1, 0.15) is 6.04 Å². The number of aliphatic carboxylic acids is 1. The van der Waals surface area contributed by atoms with Gasteiger partial charge in [0.15, 0.2) is 11.0 Å². The van der Waals surface area contributed by atoms with E-state index in [9.17, 15) is 14.7 Å². The number of amides is 1. The number of carbonyl (C=O) groups is 2. The molecule has 1 amide bonds. The molecule has 0 bridgehead atoms. The van der Waals surface area contributed by atoms with Crippen LogP contribution in [0.25, 0.3) is 0 Å². The highest BCUT2D eigenvalue weighted by Crippen LogP contribution is 2.65. The van der Waals surface area contributed by atoms with Gasteiger partial charge in [0.25, 0.3) is 0 Å². The molecule has 1 saturated carbocycles. The lowest BCUT2D eigenvalue weighted by Crippen LogP contribution is -2.59. The van der Waals surface area contributed by atoms with Gasteiger partial charge in [-0.05, 0) is 54.4 Å². The fourth-order valence-electron chi connectivity index (χ4n) is 6.65. The maximum absolute atomic E-state index is 15.4. The van der Waals surface area contributed by atoms with Crippen LogP contribution in [0.4, 0.5) is 4.39 Å². The molecule has 0 aromatic carbocycles. The summed E-state index contributed by atoms with van der Waals surface area (Å²) in [6, 6.07) is -0.0888. The first-order valence-corrected chi connectivity index (χ1v) is 12.0. The van der Waals surface area contributed by atoms with Crippen LogP contribution in [-0.4, -0.2) is 39.6 Å². The minimum atomic E-state index is -1.29. The zero-order valence-corrected chi connectivity index (χ0v) is 19.9. The second-order valence-corrected chi connectivity index (χ2v) is 11.3. The predicted octanol–water partition coefficient (Wildman–Crippen LogP) is 4.29. The van der Waals surface area contributed by atoms with Crippen LogP contribution in [0.3, 0.4) is 0 Å². The fourth-order valence-corrected chi connectivity index (χ4v) is 7.03. The van der Waals surface area contributed by atoms with Gasteiger partial charge < -0.3 is 10.4 Å². The van der Waals surface area contributed by atoms with E-state index in [1.54, 1.807) is 6.08 Å². The summed E-state index contributed by atoms with van der Waals surface area (Å²) in [5.41, 5.74) is -1.22. The van der Waals surface area contributed by atoms with Crippen LogP contribution in [0.5, 0.6) is 0 Å². The summed E-state index contributed by atoms with van der Waals surface area (Å²) in [6.07, 6.45) is 8.17. The highest BCUT2D eigenvalue weighted by atomic mass is 35.5. The number of allylic oxidation sites excluding steroid dienone is 2. The summed E-state index contributed by atoms with van der Waals surface area (Å²) in [5.74, 6) is -3.20. The van der Waals surface area contributed by atoms with Crippen LogP contribution < -0.4 is 10.6 Å². The van der Waals surface area contributed by atoms with E-state index >= 15 is 4.39 Å². The Labute approximate surface area is 201 Å². The minimum Gasteiger partial charge on any atom is -0.480 e. The molecule has 3 fully saturated rings. The van der Waals surface area contributed by atoms with Crippen molar-refractivity contribution in [1.29, 1.82) is 0 Å². The highest BCUT2D eigenvalue weighted by molar-refractivity contribution is 6.30. The summed E-state index contributed by atoms with van der Waals surface area (Å²) >= 11 is 12.3. The highest BCUT2D eigenvalue weighted by Gasteiger charge is 2.74. The monoisotopic (exact) mass is 493 g/mol. The molecule has 2 spiro atoms. The zero-order valence-electron chi connectivity index (χ0n) is 18.4. The number of halogens is 3. The normalized spacial score (nSPS) is 34.1. The van der Waals surface area contributed by atoms with E-state index in [4.69, 9.17) is 23.2 Å². The Morgan fingerprint density at radius 3 is 2.58 bits per heavy atom. The number of pyridine rings is 1. The molecule has 3 N–H and O–H groups in total. The van der Waals surface area contributed by atoms with E-state index in [1.165, 1.54) is 12.3 Å². The van der Waals surface area contributed by atoms with Gasteiger partial charge in [0.05, 0.1) is 11.5 Å². The number of hydrogen-bond donors (Lipinski definition) is 3. The molecular weight excluding hydrogens is 468 g/mol. The standard InChI is InChI=1S/C24H26Cl2FN3O3/c1-22(2)6-8-23(9-7-22)24(14-4-3-12(25)11-15(14)29-21(24)33)16(18(30-23)20(31)32)13-5-10-28-19(26)17(13)27/h3-5,10,15-16,18,30H,6-9,11H2,1-2H3,(H,29,33)(H,31,32)/t15?,16-,18+,24+/m0/s1. The van der Waals surface area contributed by atoms with Crippen molar-refractivity contribution in [3.05, 3.63) is 51.6 Å². The summed E-state index contributed by atoms with van der Waals surface area (Å²) in [7, 11) is 0. The van der Waals surface area contributed by atoms with Crippen molar-refractivity contribution in [1.82, 2.24) is 15.6 Å². The number of hydrogen-bond acceptors (Lipinski definition) is 4. The molecule has 1 aromatic rings. The molecule has 2 aliphatic heterocycles. The zero-order chi connectivity index (χ0) is 23.8. The molecule has 6 nitrogen and oxygen atoms in total. The van der Waals surface area contributed by atoms with Crippen molar-refractivity contribution < 1.29 is 19.1 Å². The molecule has 1 unspecified atom stereocenters. The smallest absolute Gasteiger partial charge is 0.321 e. The van der Waals surface area contributed by atoms with E-state index in [0.717, 1.165) is 18.4 Å².